The molecule has 0 bridgehead atoms. The third-order valence-corrected chi connectivity index (χ3v) is 5.60. The number of hydrogen-bond acceptors (Lipinski definition) is 4. The summed E-state index contributed by atoms with van der Waals surface area (Å²) in [6.45, 7) is 1.13. The van der Waals surface area contributed by atoms with Crippen molar-refractivity contribution in [2.24, 2.45) is 5.92 Å². The van der Waals surface area contributed by atoms with E-state index >= 15 is 0 Å². The van der Waals surface area contributed by atoms with E-state index in [1.165, 1.54) is 10.5 Å². The first-order valence-electron chi connectivity index (χ1n) is 6.25. The minimum Gasteiger partial charge on any atom is -0.396 e. The van der Waals surface area contributed by atoms with Crippen molar-refractivity contribution in [1.29, 1.82) is 0 Å². The Morgan fingerprint density at radius 2 is 2.26 bits per heavy atom. The minimum absolute atomic E-state index is 0.108. The van der Waals surface area contributed by atoms with Crippen LogP contribution in [0.1, 0.15) is 19.3 Å². The van der Waals surface area contributed by atoms with Gasteiger partial charge in [0.05, 0.1) is 0 Å². The van der Waals surface area contributed by atoms with Crippen molar-refractivity contribution in [1.82, 2.24) is 9.29 Å². The van der Waals surface area contributed by atoms with Crippen LogP contribution in [0.3, 0.4) is 0 Å². The molecule has 7 heteroatoms. The molecule has 1 fully saturated rings. The molecule has 1 N–H and O–H groups in total. The van der Waals surface area contributed by atoms with Crippen molar-refractivity contribution in [3.8, 4) is 0 Å². The maximum Gasteiger partial charge on any atom is 0.244 e. The zero-order valence-electron chi connectivity index (χ0n) is 10.5. The van der Waals surface area contributed by atoms with Crippen LogP contribution in [-0.4, -0.2) is 42.5 Å². The molecule has 0 aromatic carbocycles. The second-order valence-electron chi connectivity index (χ2n) is 4.72. The average molecular weight is 349 g/mol. The Kier molecular flexibility index (Phi) is 4.94. The molecule has 19 heavy (non-hydrogen) atoms. The highest BCUT2D eigenvalue weighted by molar-refractivity contribution is 9.10. The molecule has 5 nitrogen and oxygen atoms in total. The minimum atomic E-state index is -3.48. The Hall–Kier alpha value is -0.500. The summed E-state index contributed by atoms with van der Waals surface area (Å²) in [6, 6.07) is 1.57. The van der Waals surface area contributed by atoms with Crippen LogP contribution in [0.2, 0.25) is 0 Å². The lowest BCUT2D eigenvalue weighted by molar-refractivity contribution is 0.203. The van der Waals surface area contributed by atoms with Crippen molar-refractivity contribution in [3.63, 3.8) is 0 Å². The van der Waals surface area contributed by atoms with Crippen LogP contribution in [0.5, 0.6) is 0 Å². The largest absolute Gasteiger partial charge is 0.396 e. The summed E-state index contributed by atoms with van der Waals surface area (Å²) in [5.74, 6) is 0.244. The lowest BCUT2D eigenvalue weighted by Crippen LogP contribution is -2.40. The maximum atomic E-state index is 12.5. The third kappa shape index (κ3) is 3.53. The summed E-state index contributed by atoms with van der Waals surface area (Å²) in [5.41, 5.74) is 0. The first-order chi connectivity index (χ1) is 9.04. The fourth-order valence-corrected chi connectivity index (χ4v) is 4.41. The fourth-order valence-electron chi connectivity index (χ4n) is 2.35. The lowest BCUT2D eigenvalue weighted by atomic mass is 9.97. The van der Waals surface area contributed by atoms with Crippen molar-refractivity contribution < 1.29 is 13.5 Å². The van der Waals surface area contributed by atoms with E-state index < -0.39 is 10.0 Å². The fraction of sp³-hybridized carbons (Fsp3) is 0.583. The van der Waals surface area contributed by atoms with Gasteiger partial charge in [-0.2, -0.15) is 4.31 Å². The van der Waals surface area contributed by atoms with Gasteiger partial charge in [-0.15, -0.1) is 0 Å². The van der Waals surface area contributed by atoms with Crippen molar-refractivity contribution in [2.75, 3.05) is 19.7 Å². The van der Waals surface area contributed by atoms with E-state index in [-0.39, 0.29) is 17.4 Å². The molecule has 2 rings (SSSR count). The van der Waals surface area contributed by atoms with Crippen molar-refractivity contribution in [2.45, 2.75) is 24.2 Å². The molecule has 1 saturated heterocycles. The average Bonchev–Trinajstić information content (AvgIpc) is 2.39. The second-order valence-corrected chi connectivity index (χ2v) is 7.58. The molecule has 1 aliphatic rings. The summed E-state index contributed by atoms with van der Waals surface area (Å²) in [5, 5.41) is 8.98. The van der Waals surface area contributed by atoms with E-state index in [2.05, 4.69) is 20.9 Å². The number of hydrogen-bond donors (Lipinski definition) is 1. The standard InChI is InChI=1S/C12H17BrN2O3S/c13-11-6-12(8-14-7-11)19(17,18)15-4-1-2-10(9-15)3-5-16/h6-8,10,16H,1-5,9H2. The Balaban J connectivity index is 2.19. The normalized spacial score (nSPS) is 21.5. The molecule has 106 valence electrons. The highest BCUT2D eigenvalue weighted by atomic mass is 79.9. The molecule has 1 aromatic heterocycles. The molecule has 1 unspecified atom stereocenters. The number of nitrogens with zero attached hydrogens (tertiary/aromatic N) is 2. The maximum absolute atomic E-state index is 12.5. The van der Waals surface area contributed by atoms with Crippen LogP contribution < -0.4 is 0 Å². The van der Waals surface area contributed by atoms with Crippen LogP contribution in [0, 0.1) is 5.92 Å². The second kappa shape index (κ2) is 6.30. The Bertz CT molecular complexity index is 534. The summed E-state index contributed by atoms with van der Waals surface area (Å²) in [4.78, 5) is 4.12. The zero-order valence-corrected chi connectivity index (χ0v) is 12.9. The molecular weight excluding hydrogens is 332 g/mol. The molecule has 0 saturated carbocycles. The molecule has 1 aliphatic heterocycles. The van der Waals surface area contributed by atoms with E-state index in [0.29, 0.717) is 24.0 Å². The summed E-state index contributed by atoms with van der Waals surface area (Å²) in [6.07, 6.45) is 5.40. The van der Waals surface area contributed by atoms with Crippen LogP contribution in [0.4, 0.5) is 0 Å². The van der Waals surface area contributed by atoms with Crippen LogP contribution >= 0.6 is 15.9 Å². The van der Waals surface area contributed by atoms with E-state index in [4.69, 9.17) is 5.11 Å². The number of aromatic nitrogens is 1. The van der Waals surface area contributed by atoms with Gasteiger partial charge in [0.25, 0.3) is 0 Å². The monoisotopic (exact) mass is 348 g/mol. The SMILES string of the molecule is O=S(=O)(c1cncc(Br)c1)N1CCCC(CCO)C1. The molecule has 0 radical (unpaired) electrons. The Morgan fingerprint density at radius 1 is 1.47 bits per heavy atom. The van der Waals surface area contributed by atoms with Gasteiger partial charge in [-0.25, -0.2) is 8.42 Å². The zero-order chi connectivity index (χ0) is 13.9. The lowest BCUT2D eigenvalue weighted by Gasteiger charge is -2.31. The van der Waals surface area contributed by atoms with Gasteiger partial charge in [0, 0.05) is 36.6 Å². The molecule has 0 spiro atoms. The Labute approximate surface area is 121 Å². The molecule has 1 aromatic rings. The van der Waals surface area contributed by atoms with Gasteiger partial charge < -0.3 is 5.11 Å². The smallest absolute Gasteiger partial charge is 0.244 e. The van der Waals surface area contributed by atoms with Crippen molar-refractivity contribution >= 4 is 26.0 Å². The van der Waals surface area contributed by atoms with Gasteiger partial charge in [-0.3, -0.25) is 4.98 Å². The molecule has 0 amide bonds. The number of piperidine rings is 1. The molecule has 0 aliphatic carbocycles. The van der Waals surface area contributed by atoms with Gasteiger partial charge in [-0.05, 0) is 47.2 Å². The topological polar surface area (TPSA) is 70.5 Å². The molecule has 1 atom stereocenters. The number of sulfonamides is 1. The van der Waals surface area contributed by atoms with Crippen molar-refractivity contribution in [3.05, 3.63) is 22.9 Å². The van der Waals surface area contributed by atoms with Crippen LogP contribution in [-0.2, 0) is 10.0 Å². The highest BCUT2D eigenvalue weighted by Gasteiger charge is 2.30. The number of aliphatic hydroxyl groups excluding tert-OH is 1. The molecule has 2 heterocycles. The number of halogens is 1. The van der Waals surface area contributed by atoms with Gasteiger partial charge in [0.1, 0.15) is 4.90 Å². The summed E-state index contributed by atoms with van der Waals surface area (Å²) >= 11 is 3.24. The van der Waals surface area contributed by atoms with E-state index in [0.717, 1.165) is 12.8 Å². The van der Waals surface area contributed by atoms with Crippen LogP contribution in [0.15, 0.2) is 27.8 Å². The Morgan fingerprint density at radius 3 is 2.95 bits per heavy atom. The number of rotatable bonds is 4. The van der Waals surface area contributed by atoms with Gasteiger partial charge >= 0.3 is 0 Å². The van der Waals surface area contributed by atoms with E-state index in [1.807, 2.05) is 0 Å². The number of pyridine rings is 1. The first kappa shape index (κ1) is 14.9. The predicted octanol–water partition coefficient (Wildman–Crippen LogP) is 1.63. The van der Waals surface area contributed by atoms with Gasteiger partial charge in [0.15, 0.2) is 0 Å². The first-order valence-corrected chi connectivity index (χ1v) is 8.49. The predicted molar refractivity (Wildman–Crippen MR) is 75.1 cm³/mol. The molecular formula is C12H17BrN2O3S. The number of aliphatic hydroxyl groups is 1. The van der Waals surface area contributed by atoms with E-state index in [9.17, 15) is 8.42 Å². The highest BCUT2D eigenvalue weighted by Crippen LogP contribution is 2.26. The third-order valence-electron chi connectivity index (χ3n) is 3.34. The van der Waals surface area contributed by atoms with Crippen LogP contribution in [0.25, 0.3) is 0 Å². The quantitative estimate of drug-likeness (QED) is 0.897. The van der Waals surface area contributed by atoms with E-state index in [1.54, 1.807) is 12.3 Å². The van der Waals surface area contributed by atoms with Gasteiger partial charge in [-0.1, -0.05) is 0 Å². The van der Waals surface area contributed by atoms with Gasteiger partial charge in [0.2, 0.25) is 10.0 Å². The summed E-state index contributed by atoms with van der Waals surface area (Å²) in [7, 11) is -3.48. The summed E-state index contributed by atoms with van der Waals surface area (Å²) < 4.78 is 27.1.